The average Bonchev–Trinajstić information content (AvgIpc) is 2.86. The molecule has 4 nitrogen and oxygen atoms in total. The predicted molar refractivity (Wildman–Crippen MR) is 91.4 cm³/mol. The SMILES string of the molecule is Cc1ccccc1-c1scnc1B(O)OC(C)(C)C(C)(C)O. The molecule has 1 aromatic carbocycles. The smallest absolute Gasteiger partial charge is 0.422 e. The van der Waals surface area contributed by atoms with Gasteiger partial charge in [0, 0.05) is 0 Å². The van der Waals surface area contributed by atoms with Crippen molar-refractivity contribution in [3.05, 3.63) is 35.3 Å². The van der Waals surface area contributed by atoms with E-state index in [1.165, 1.54) is 11.3 Å². The van der Waals surface area contributed by atoms with Crippen LogP contribution in [0, 0.1) is 6.92 Å². The first kappa shape index (κ1) is 17.2. The van der Waals surface area contributed by atoms with Crippen molar-refractivity contribution in [3.63, 3.8) is 0 Å². The molecule has 0 amide bonds. The van der Waals surface area contributed by atoms with Crippen LogP contribution in [-0.2, 0) is 4.65 Å². The molecule has 0 fully saturated rings. The topological polar surface area (TPSA) is 62.6 Å². The van der Waals surface area contributed by atoms with Crippen LogP contribution in [0.2, 0.25) is 0 Å². The lowest BCUT2D eigenvalue weighted by atomic mass is 9.79. The monoisotopic (exact) mass is 319 g/mol. The van der Waals surface area contributed by atoms with Gasteiger partial charge in [-0.15, -0.1) is 11.3 Å². The lowest BCUT2D eigenvalue weighted by Gasteiger charge is -2.38. The van der Waals surface area contributed by atoms with E-state index in [2.05, 4.69) is 4.98 Å². The third-order valence-electron chi connectivity index (χ3n) is 4.10. The zero-order chi connectivity index (χ0) is 16.5. The Bertz CT molecular complexity index is 649. The zero-order valence-electron chi connectivity index (χ0n) is 13.6. The van der Waals surface area contributed by atoms with Gasteiger partial charge >= 0.3 is 7.12 Å². The number of hydrogen-bond acceptors (Lipinski definition) is 5. The highest BCUT2D eigenvalue weighted by Gasteiger charge is 2.40. The van der Waals surface area contributed by atoms with Crippen LogP contribution in [0.5, 0.6) is 0 Å². The third-order valence-corrected chi connectivity index (χ3v) is 4.97. The summed E-state index contributed by atoms with van der Waals surface area (Å²) < 4.78 is 5.70. The standard InChI is InChI=1S/C16H22BNO3S/c1-11-8-6-7-9-12(11)13-14(18-10-22-13)17(20)21-16(4,5)15(2,3)19/h6-10,19-20H,1-5H3. The van der Waals surface area contributed by atoms with Gasteiger partial charge in [0.25, 0.3) is 0 Å². The van der Waals surface area contributed by atoms with Gasteiger partial charge in [-0.25, -0.2) is 0 Å². The Morgan fingerprint density at radius 1 is 1.18 bits per heavy atom. The fraction of sp³-hybridized carbons (Fsp3) is 0.438. The van der Waals surface area contributed by atoms with Crippen molar-refractivity contribution in [2.75, 3.05) is 0 Å². The minimum absolute atomic E-state index is 0.483. The van der Waals surface area contributed by atoms with E-state index < -0.39 is 18.3 Å². The highest BCUT2D eigenvalue weighted by atomic mass is 32.1. The van der Waals surface area contributed by atoms with E-state index in [-0.39, 0.29) is 0 Å². The summed E-state index contributed by atoms with van der Waals surface area (Å²) in [6, 6.07) is 7.96. The minimum atomic E-state index is -1.19. The number of aliphatic hydroxyl groups is 1. The summed E-state index contributed by atoms with van der Waals surface area (Å²) in [6.45, 7) is 8.82. The number of thiazole rings is 1. The van der Waals surface area contributed by atoms with Crippen LogP contribution >= 0.6 is 11.3 Å². The highest BCUT2D eigenvalue weighted by Crippen LogP contribution is 2.28. The summed E-state index contributed by atoms with van der Waals surface area (Å²) in [7, 11) is -1.19. The van der Waals surface area contributed by atoms with Crippen molar-refractivity contribution >= 4 is 24.0 Å². The lowest BCUT2D eigenvalue weighted by Crippen LogP contribution is -2.53. The Hall–Kier alpha value is -1.21. The molecule has 1 aromatic heterocycles. The molecule has 0 unspecified atom stereocenters. The van der Waals surface area contributed by atoms with Crippen molar-refractivity contribution in [1.82, 2.24) is 4.98 Å². The lowest BCUT2D eigenvalue weighted by molar-refractivity contribution is -0.0983. The number of hydrogen-bond donors (Lipinski definition) is 2. The van der Waals surface area contributed by atoms with Crippen LogP contribution in [0.1, 0.15) is 33.3 Å². The first-order valence-electron chi connectivity index (χ1n) is 7.21. The summed E-state index contributed by atoms with van der Waals surface area (Å²) in [4.78, 5) is 5.15. The van der Waals surface area contributed by atoms with Gasteiger partial charge in [0.05, 0.1) is 27.2 Å². The van der Waals surface area contributed by atoms with Gasteiger partial charge in [0.15, 0.2) is 0 Å². The van der Waals surface area contributed by atoms with Crippen LogP contribution in [-0.4, -0.2) is 33.4 Å². The molecule has 0 radical (unpaired) electrons. The van der Waals surface area contributed by atoms with E-state index in [4.69, 9.17) is 4.65 Å². The fourth-order valence-corrected chi connectivity index (χ4v) is 2.84. The molecule has 2 aromatic rings. The van der Waals surface area contributed by atoms with Crippen LogP contribution in [0.4, 0.5) is 0 Å². The van der Waals surface area contributed by atoms with Gasteiger partial charge in [-0.1, -0.05) is 24.3 Å². The van der Waals surface area contributed by atoms with Crippen LogP contribution < -0.4 is 5.59 Å². The molecular weight excluding hydrogens is 297 g/mol. The average molecular weight is 319 g/mol. The molecule has 0 aliphatic carbocycles. The second-order valence-electron chi connectivity index (χ2n) is 6.42. The Morgan fingerprint density at radius 3 is 2.41 bits per heavy atom. The molecule has 0 spiro atoms. The van der Waals surface area contributed by atoms with E-state index in [9.17, 15) is 10.1 Å². The van der Waals surface area contributed by atoms with Crippen LogP contribution in [0.25, 0.3) is 10.4 Å². The second kappa shape index (κ2) is 6.12. The maximum atomic E-state index is 10.5. The van der Waals surface area contributed by atoms with Gasteiger partial charge < -0.3 is 14.8 Å². The van der Waals surface area contributed by atoms with Crippen LogP contribution in [0.3, 0.4) is 0 Å². The normalized spacial score (nSPS) is 12.5. The van der Waals surface area contributed by atoms with Gasteiger partial charge in [-0.2, -0.15) is 0 Å². The summed E-state index contributed by atoms with van der Waals surface area (Å²) in [6.07, 6.45) is 0. The van der Waals surface area contributed by atoms with Crippen LogP contribution in [0.15, 0.2) is 29.8 Å². The quantitative estimate of drug-likeness (QED) is 0.831. The minimum Gasteiger partial charge on any atom is -0.422 e. The van der Waals surface area contributed by atoms with E-state index in [0.29, 0.717) is 5.59 Å². The molecule has 2 rings (SSSR count). The number of aryl methyl sites for hydroxylation is 1. The van der Waals surface area contributed by atoms with Gasteiger partial charge in [0.2, 0.25) is 0 Å². The molecule has 22 heavy (non-hydrogen) atoms. The molecule has 1 heterocycles. The van der Waals surface area contributed by atoms with Crippen molar-refractivity contribution in [2.45, 2.75) is 45.8 Å². The van der Waals surface area contributed by atoms with E-state index >= 15 is 0 Å². The number of benzene rings is 1. The molecule has 6 heteroatoms. The van der Waals surface area contributed by atoms with E-state index in [0.717, 1.165) is 16.0 Å². The molecule has 0 atom stereocenters. The maximum Gasteiger partial charge on any atom is 0.512 e. The van der Waals surface area contributed by atoms with Crippen molar-refractivity contribution in [3.8, 4) is 10.4 Å². The molecular formula is C16H22BNO3S. The summed E-state index contributed by atoms with van der Waals surface area (Å²) in [5.74, 6) is 0. The highest BCUT2D eigenvalue weighted by molar-refractivity contribution is 7.14. The number of nitrogens with zero attached hydrogens (tertiary/aromatic N) is 1. The van der Waals surface area contributed by atoms with E-state index in [1.54, 1.807) is 33.2 Å². The molecule has 0 aliphatic heterocycles. The molecule has 0 aliphatic rings. The third kappa shape index (κ3) is 3.41. The Kier molecular flexibility index (Phi) is 4.77. The Morgan fingerprint density at radius 2 is 1.82 bits per heavy atom. The van der Waals surface area contributed by atoms with Crippen molar-refractivity contribution < 1.29 is 14.8 Å². The summed E-state index contributed by atoms with van der Waals surface area (Å²) in [5, 5.41) is 20.6. The second-order valence-corrected chi connectivity index (χ2v) is 7.28. The molecule has 0 bridgehead atoms. The Labute approximate surface area is 135 Å². The molecule has 118 valence electrons. The van der Waals surface area contributed by atoms with Gasteiger partial charge in [0.1, 0.15) is 0 Å². The first-order chi connectivity index (χ1) is 10.1. The molecule has 2 N–H and O–H groups in total. The maximum absolute atomic E-state index is 10.5. The van der Waals surface area contributed by atoms with E-state index in [1.807, 2.05) is 31.2 Å². The van der Waals surface area contributed by atoms with Gasteiger partial charge in [-0.3, -0.25) is 4.98 Å². The summed E-state index contributed by atoms with van der Waals surface area (Å²) in [5.41, 5.74) is 2.31. The molecule has 0 saturated heterocycles. The Balaban J connectivity index is 2.32. The predicted octanol–water partition coefficient (Wildman–Crippen LogP) is 2.37. The molecule has 0 saturated carbocycles. The fourth-order valence-electron chi connectivity index (χ4n) is 1.94. The first-order valence-corrected chi connectivity index (χ1v) is 8.09. The zero-order valence-corrected chi connectivity index (χ0v) is 14.4. The van der Waals surface area contributed by atoms with Crippen molar-refractivity contribution in [2.24, 2.45) is 0 Å². The largest absolute Gasteiger partial charge is 0.512 e. The summed E-state index contributed by atoms with van der Waals surface area (Å²) >= 11 is 1.47. The number of aromatic nitrogens is 1. The van der Waals surface area contributed by atoms with Crippen molar-refractivity contribution in [1.29, 1.82) is 0 Å². The number of rotatable bonds is 5. The van der Waals surface area contributed by atoms with Gasteiger partial charge in [-0.05, 0) is 45.7 Å².